The maximum Gasteiger partial charge on any atom is 0.191 e. The second-order valence-corrected chi connectivity index (χ2v) is 8.42. The van der Waals surface area contributed by atoms with E-state index in [-0.39, 0.29) is 0 Å². The van der Waals surface area contributed by atoms with Crippen molar-refractivity contribution in [1.29, 1.82) is 0 Å². The van der Waals surface area contributed by atoms with Crippen molar-refractivity contribution in [2.24, 2.45) is 4.99 Å². The summed E-state index contributed by atoms with van der Waals surface area (Å²) in [5.41, 5.74) is 3.16. The number of pyridine rings is 1. The predicted octanol–water partition coefficient (Wildman–Crippen LogP) is 3.55. The average molecular weight is 397 g/mol. The van der Waals surface area contributed by atoms with Crippen molar-refractivity contribution in [3.05, 3.63) is 63.2 Å². The zero-order valence-electron chi connectivity index (χ0n) is 17.2. The number of hydrogen-bond acceptors (Lipinski definition) is 4. The summed E-state index contributed by atoms with van der Waals surface area (Å²) in [5, 5.41) is 11.3. The summed E-state index contributed by atoms with van der Waals surface area (Å²) >= 11 is 1.85. The molecule has 3 rings (SSSR count). The number of hydrogen-bond donors (Lipinski definition) is 2. The first-order chi connectivity index (χ1) is 13.4. The highest BCUT2D eigenvalue weighted by molar-refractivity contribution is 7.11. The first kappa shape index (κ1) is 20.1. The Labute approximate surface area is 170 Å². The van der Waals surface area contributed by atoms with Gasteiger partial charge in [0.2, 0.25) is 0 Å². The molecule has 0 bridgehead atoms. The lowest BCUT2D eigenvalue weighted by molar-refractivity contribution is 0.644. The molecule has 0 aliphatic heterocycles. The number of nitrogens with one attached hydrogen (secondary N) is 2. The van der Waals surface area contributed by atoms with Crippen molar-refractivity contribution in [3.8, 4) is 5.82 Å². The summed E-state index contributed by atoms with van der Waals surface area (Å²) < 4.78 is 1.86. The van der Waals surface area contributed by atoms with Gasteiger partial charge in [0.25, 0.3) is 0 Å². The number of rotatable bonds is 6. The second kappa shape index (κ2) is 9.01. The number of aliphatic imine (C=N–C) groups is 1. The van der Waals surface area contributed by atoms with Crippen molar-refractivity contribution in [3.63, 3.8) is 0 Å². The lowest BCUT2D eigenvalue weighted by Crippen LogP contribution is -2.42. The Morgan fingerprint density at radius 1 is 1.21 bits per heavy atom. The van der Waals surface area contributed by atoms with Crippen LogP contribution in [0.15, 0.2) is 41.5 Å². The molecule has 7 heteroatoms. The number of nitrogens with zero attached hydrogens (tertiary/aromatic N) is 4. The van der Waals surface area contributed by atoms with Gasteiger partial charge in [0.15, 0.2) is 11.8 Å². The minimum Gasteiger partial charge on any atom is -0.354 e. The molecule has 3 aromatic heterocycles. The summed E-state index contributed by atoms with van der Waals surface area (Å²) in [4.78, 5) is 11.6. The van der Waals surface area contributed by atoms with Crippen molar-refractivity contribution >= 4 is 17.3 Å². The minimum absolute atomic E-state index is 0.302. The van der Waals surface area contributed by atoms with E-state index < -0.39 is 0 Å². The molecule has 2 N–H and O–H groups in total. The molecule has 0 radical (unpaired) electrons. The largest absolute Gasteiger partial charge is 0.354 e. The third-order valence-electron chi connectivity index (χ3n) is 4.41. The zero-order valence-corrected chi connectivity index (χ0v) is 18.0. The summed E-state index contributed by atoms with van der Waals surface area (Å²) in [7, 11) is 1.79. The van der Waals surface area contributed by atoms with Crippen LogP contribution in [0.5, 0.6) is 0 Å². The third kappa shape index (κ3) is 5.19. The molecule has 148 valence electrons. The van der Waals surface area contributed by atoms with Gasteiger partial charge in [-0.2, -0.15) is 5.10 Å². The molecule has 0 aliphatic rings. The van der Waals surface area contributed by atoms with Crippen LogP contribution in [0.25, 0.3) is 5.82 Å². The summed E-state index contributed by atoms with van der Waals surface area (Å²) in [6.45, 7) is 8.99. The Morgan fingerprint density at radius 2 is 2.04 bits per heavy atom. The van der Waals surface area contributed by atoms with Gasteiger partial charge in [-0.3, -0.25) is 4.99 Å². The first-order valence-corrected chi connectivity index (χ1v) is 10.3. The Bertz CT molecular complexity index is 938. The van der Waals surface area contributed by atoms with Gasteiger partial charge in [0, 0.05) is 47.7 Å². The Hall–Kier alpha value is -2.67. The predicted molar refractivity (Wildman–Crippen MR) is 116 cm³/mol. The average Bonchev–Trinajstić information content (AvgIpc) is 3.23. The molecule has 0 aliphatic carbocycles. The van der Waals surface area contributed by atoms with Crippen LogP contribution in [0.3, 0.4) is 0 Å². The van der Waals surface area contributed by atoms with E-state index in [9.17, 15) is 0 Å². The molecule has 0 fully saturated rings. The Morgan fingerprint density at radius 3 is 2.61 bits per heavy atom. The van der Waals surface area contributed by atoms with Crippen LogP contribution in [0.1, 0.15) is 33.6 Å². The smallest absolute Gasteiger partial charge is 0.191 e. The Kier molecular flexibility index (Phi) is 6.46. The fraction of sp³-hybridized carbons (Fsp3) is 0.381. The standard InChI is InChI=1S/C21H28N6S/c1-14(11-19-8-6-17(4)28-19)25-21(22-5)24-13-18-7-9-20(23-12-18)27-16(3)10-15(2)26-27/h6-10,12,14H,11,13H2,1-5H3,(H2,22,24,25). The molecule has 1 unspecified atom stereocenters. The highest BCUT2D eigenvalue weighted by Crippen LogP contribution is 2.16. The van der Waals surface area contributed by atoms with Gasteiger partial charge in [-0.25, -0.2) is 9.67 Å². The number of guanidine groups is 1. The van der Waals surface area contributed by atoms with E-state index in [2.05, 4.69) is 57.8 Å². The maximum absolute atomic E-state index is 4.55. The first-order valence-electron chi connectivity index (χ1n) is 9.45. The maximum atomic E-state index is 4.55. The summed E-state index contributed by atoms with van der Waals surface area (Å²) in [6, 6.07) is 10.8. The number of aryl methyl sites for hydroxylation is 3. The van der Waals surface area contributed by atoms with Crippen LogP contribution < -0.4 is 10.6 Å². The molecular formula is C21H28N6S. The molecular weight excluding hydrogens is 368 g/mol. The van der Waals surface area contributed by atoms with Gasteiger partial charge in [0.1, 0.15) is 0 Å². The molecule has 0 saturated heterocycles. The van der Waals surface area contributed by atoms with Crippen molar-refractivity contribution in [1.82, 2.24) is 25.4 Å². The molecule has 0 spiro atoms. The monoisotopic (exact) mass is 396 g/mol. The van der Waals surface area contributed by atoms with E-state index in [0.717, 1.165) is 35.1 Å². The highest BCUT2D eigenvalue weighted by atomic mass is 32.1. The second-order valence-electron chi connectivity index (χ2n) is 7.05. The fourth-order valence-electron chi connectivity index (χ4n) is 3.07. The lowest BCUT2D eigenvalue weighted by atomic mass is 10.2. The van der Waals surface area contributed by atoms with Crippen molar-refractivity contribution < 1.29 is 0 Å². The van der Waals surface area contributed by atoms with Gasteiger partial charge < -0.3 is 10.6 Å². The van der Waals surface area contributed by atoms with Crippen molar-refractivity contribution in [2.45, 2.75) is 46.7 Å². The molecule has 3 heterocycles. The third-order valence-corrected chi connectivity index (χ3v) is 5.43. The van der Waals surface area contributed by atoms with E-state index in [4.69, 9.17) is 0 Å². The summed E-state index contributed by atoms with van der Waals surface area (Å²) in [5.74, 6) is 1.63. The highest BCUT2D eigenvalue weighted by Gasteiger charge is 2.09. The molecule has 28 heavy (non-hydrogen) atoms. The lowest BCUT2D eigenvalue weighted by Gasteiger charge is -2.17. The van der Waals surface area contributed by atoms with Gasteiger partial charge in [0.05, 0.1) is 5.69 Å². The van der Waals surface area contributed by atoms with Gasteiger partial charge >= 0.3 is 0 Å². The molecule has 0 aromatic carbocycles. The number of thiophene rings is 1. The quantitative estimate of drug-likeness (QED) is 0.494. The van der Waals surface area contributed by atoms with Gasteiger partial charge in [-0.15, -0.1) is 11.3 Å². The molecule has 1 atom stereocenters. The van der Waals surface area contributed by atoms with E-state index in [1.165, 1.54) is 9.75 Å². The fourth-order valence-corrected chi connectivity index (χ4v) is 4.09. The molecule has 3 aromatic rings. The van der Waals surface area contributed by atoms with Crippen LogP contribution in [-0.2, 0) is 13.0 Å². The topological polar surface area (TPSA) is 67.1 Å². The van der Waals surface area contributed by atoms with Crippen LogP contribution in [0.4, 0.5) is 0 Å². The van der Waals surface area contributed by atoms with Crippen LogP contribution >= 0.6 is 11.3 Å². The number of aromatic nitrogens is 3. The van der Waals surface area contributed by atoms with Gasteiger partial charge in [-0.1, -0.05) is 6.07 Å². The summed E-state index contributed by atoms with van der Waals surface area (Å²) in [6.07, 6.45) is 2.86. The minimum atomic E-state index is 0.302. The SMILES string of the molecule is CN=C(NCc1ccc(-n2nc(C)cc2C)nc1)NC(C)Cc1ccc(C)s1. The van der Waals surface area contributed by atoms with E-state index in [1.807, 2.05) is 48.2 Å². The normalized spacial score (nSPS) is 12.8. The molecule has 0 saturated carbocycles. The molecule has 0 amide bonds. The zero-order chi connectivity index (χ0) is 20.1. The van der Waals surface area contributed by atoms with Crippen LogP contribution in [-0.4, -0.2) is 33.8 Å². The van der Waals surface area contributed by atoms with Crippen LogP contribution in [0.2, 0.25) is 0 Å². The van der Waals surface area contributed by atoms with Crippen molar-refractivity contribution in [2.75, 3.05) is 7.05 Å². The van der Waals surface area contributed by atoms with Gasteiger partial charge in [-0.05, 0) is 57.5 Å². The van der Waals surface area contributed by atoms with E-state index >= 15 is 0 Å². The van der Waals surface area contributed by atoms with E-state index in [0.29, 0.717) is 12.6 Å². The van der Waals surface area contributed by atoms with Crippen LogP contribution in [0, 0.1) is 20.8 Å². The molecule has 6 nitrogen and oxygen atoms in total. The Balaban J connectivity index is 1.54. The van der Waals surface area contributed by atoms with E-state index in [1.54, 1.807) is 7.05 Å².